The first-order valence-corrected chi connectivity index (χ1v) is 9.13. The first-order valence-electron chi connectivity index (χ1n) is 7.58. The van der Waals surface area contributed by atoms with Crippen molar-refractivity contribution in [2.24, 2.45) is 5.41 Å². The predicted molar refractivity (Wildman–Crippen MR) is 101 cm³/mol. The maximum absolute atomic E-state index is 5.79. The molecule has 3 atom stereocenters. The number of rotatable bonds is 13. The largest absolute Gasteiger partial charge is 0.380 e. The Labute approximate surface area is 147 Å². The molecule has 0 radical (unpaired) electrons. The number of ether oxygens (including phenoxy) is 3. The fraction of sp³-hybridized carbons (Fsp3) is 1.00. The van der Waals surface area contributed by atoms with E-state index in [4.69, 9.17) is 14.2 Å². The molecule has 3 unspecified atom stereocenters. The summed E-state index contributed by atoms with van der Waals surface area (Å²) < 4.78 is 17.4. The van der Waals surface area contributed by atoms with Crippen LogP contribution in [0, 0.1) is 5.41 Å². The molecule has 6 heteroatoms. The summed E-state index contributed by atoms with van der Waals surface area (Å²) in [6.07, 6.45) is 0.940. The molecule has 21 heavy (non-hydrogen) atoms. The van der Waals surface area contributed by atoms with Crippen molar-refractivity contribution in [3.05, 3.63) is 0 Å². The van der Waals surface area contributed by atoms with Crippen LogP contribution >= 0.6 is 37.9 Å². The molecule has 0 aromatic rings. The van der Waals surface area contributed by atoms with Crippen LogP contribution in [-0.2, 0) is 14.2 Å². The molecule has 0 spiro atoms. The maximum Gasteiger partial charge on any atom is 0.0580 e. The highest BCUT2D eigenvalue weighted by Gasteiger charge is 2.30. The molecular formula is C15H32O3S3. The van der Waals surface area contributed by atoms with Crippen LogP contribution in [0.15, 0.2) is 0 Å². The summed E-state index contributed by atoms with van der Waals surface area (Å²) in [6.45, 7) is 12.0. The molecule has 0 saturated heterocycles. The van der Waals surface area contributed by atoms with Crippen molar-refractivity contribution in [2.75, 3.05) is 39.6 Å². The van der Waals surface area contributed by atoms with Gasteiger partial charge < -0.3 is 14.2 Å². The molecule has 0 aliphatic heterocycles. The fourth-order valence-electron chi connectivity index (χ4n) is 1.77. The average Bonchev–Trinajstić information content (AvgIpc) is 2.36. The Morgan fingerprint density at radius 3 is 1.19 bits per heavy atom. The molecule has 0 aromatic heterocycles. The van der Waals surface area contributed by atoms with E-state index in [1.54, 1.807) is 0 Å². The van der Waals surface area contributed by atoms with E-state index in [2.05, 4.69) is 44.8 Å². The smallest absolute Gasteiger partial charge is 0.0580 e. The topological polar surface area (TPSA) is 27.7 Å². The molecule has 0 rings (SSSR count). The average molecular weight is 357 g/mol. The van der Waals surface area contributed by atoms with Gasteiger partial charge in [-0.05, 0) is 6.42 Å². The Morgan fingerprint density at radius 1 is 0.714 bits per heavy atom. The van der Waals surface area contributed by atoms with Crippen molar-refractivity contribution >= 4 is 37.9 Å². The van der Waals surface area contributed by atoms with Crippen LogP contribution in [0.1, 0.15) is 34.1 Å². The van der Waals surface area contributed by atoms with Crippen LogP contribution in [0.4, 0.5) is 0 Å². The van der Waals surface area contributed by atoms with Gasteiger partial charge in [0.1, 0.15) is 0 Å². The molecule has 0 aliphatic rings. The molecule has 0 amide bonds. The van der Waals surface area contributed by atoms with Crippen molar-refractivity contribution in [3.8, 4) is 0 Å². The predicted octanol–water partition coefficient (Wildman–Crippen LogP) is 3.39. The minimum Gasteiger partial charge on any atom is -0.380 e. The third-order valence-corrected chi connectivity index (χ3v) is 3.50. The van der Waals surface area contributed by atoms with Gasteiger partial charge >= 0.3 is 0 Å². The van der Waals surface area contributed by atoms with Gasteiger partial charge in [-0.15, -0.1) is 0 Å². The van der Waals surface area contributed by atoms with E-state index in [0.717, 1.165) is 6.42 Å². The molecular weight excluding hydrogens is 324 g/mol. The van der Waals surface area contributed by atoms with Crippen LogP contribution in [-0.4, -0.2) is 55.4 Å². The summed E-state index contributed by atoms with van der Waals surface area (Å²) in [7, 11) is 0. The third-order valence-electron chi connectivity index (χ3n) is 3.05. The highest BCUT2D eigenvalue weighted by molar-refractivity contribution is 7.81. The number of thiol groups is 3. The summed E-state index contributed by atoms with van der Waals surface area (Å²) in [5.74, 6) is 0. The van der Waals surface area contributed by atoms with Crippen LogP contribution in [0.5, 0.6) is 0 Å². The van der Waals surface area contributed by atoms with Crippen molar-refractivity contribution in [3.63, 3.8) is 0 Å². The van der Waals surface area contributed by atoms with Gasteiger partial charge in [0.2, 0.25) is 0 Å². The van der Waals surface area contributed by atoms with Crippen molar-refractivity contribution < 1.29 is 14.2 Å². The molecule has 0 N–H and O–H groups in total. The summed E-state index contributed by atoms with van der Waals surface area (Å²) in [4.78, 5) is 0. The minimum atomic E-state index is -0.117. The second kappa shape index (κ2) is 12.4. The zero-order valence-corrected chi connectivity index (χ0v) is 16.4. The van der Waals surface area contributed by atoms with Gasteiger partial charge in [-0.1, -0.05) is 27.7 Å². The zero-order valence-electron chi connectivity index (χ0n) is 13.7. The van der Waals surface area contributed by atoms with E-state index >= 15 is 0 Å². The van der Waals surface area contributed by atoms with Crippen molar-refractivity contribution in [1.29, 1.82) is 0 Å². The first kappa shape index (κ1) is 21.9. The Hall–Kier alpha value is 0.930. The van der Waals surface area contributed by atoms with E-state index in [1.807, 2.05) is 20.8 Å². The summed E-state index contributed by atoms with van der Waals surface area (Å²) in [5, 5.41) is 0.698. The number of hydrogen-bond acceptors (Lipinski definition) is 6. The Morgan fingerprint density at radius 2 is 1.00 bits per heavy atom. The van der Waals surface area contributed by atoms with Crippen LogP contribution in [0.3, 0.4) is 0 Å². The minimum absolute atomic E-state index is 0.117. The lowest BCUT2D eigenvalue weighted by atomic mass is 9.88. The highest BCUT2D eigenvalue weighted by Crippen LogP contribution is 2.25. The van der Waals surface area contributed by atoms with E-state index < -0.39 is 0 Å². The third kappa shape index (κ3) is 12.1. The van der Waals surface area contributed by atoms with Gasteiger partial charge in [-0.25, -0.2) is 0 Å². The zero-order chi connectivity index (χ0) is 16.3. The normalized spacial score (nSPS) is 19.0. The first-order chi connectivity index (χ1) is 9.81. The second-order valence-corrected chi connectivity index (χ2v) is 8.59. The van der Waals surface area contributed by atoms with Crippen molar-refractivity contribution in [1.82, 2.24) is 0 Å². The molecule has 0 saturated carbocycles. The fourth-order valence-corrected chi connectivity index (χ4v) is 2.09. The van der Waals surface area contributed by atoms with Gasteiger partial charge in [0.15, 0.2) is 0 Å². The molecule has 0 fully saturated rings. The van der Waals surface area contributed by atoms with Gasteiger partial charge in [-0.3, -0.25) is 0 Å². The van der Waals surface area contributed by atoms with Gasteiger partial charge in [0, 0.05) is 21.2 Å². The summed E-state index contributed by atoms with van der Waals surface area (Å²) >= 11 is 13.0. The quantitative estimate of drug-likeness (QED) is 0.442. The van der Waals surface area contributed by atoms with Gasteiger partial charge in [0.25, 0.3) is 0 Å². The Kier molecular flexibility index (Phi) is 12.9. The van der Waals surface area contributed by atoms with E-state index in [-0.39, 0.29) is 21.2 Å². The highest BCUT2D eigenvalue weighted by atomic mass is 32.1. The summed E-state index contributed by atoms with van der Waals surface area (Å²) in [5.41, 5.74) is -0.117. The summed E-state index contributed by atoms with van der Waals surface area (Å²) in [6, 6.07) is 0. The van der Waals surface area contributed by atoms with Crippen LogP contribution < -0.4 is 0 Å². The second-order valence-electron chi connectivity index (χ2n) is 5.95. The van der Waals surface area contributed by atoms with Crippen LogP contribution in [0.2, 0.25) is 0 Å². The standard InChI is InChI=1S/C15H32O3S3/c1-5-15(9-16-6-12(2)19,10-17-7-13(3)20)11-18-8-14(4)21/h12-14,19-21H,5-11H2,1-4H3. The van der Waals surface area contributed by atoms with E-state index in [9.17, 15) is 0 Å². The lowest BCUT2D eigenvalue weighted by Gasteiger charge is -2.32. The lowest BCUT2D eigenvalue weighted by molar-refractivity contribution is -0.0697. The SMILES string of the molecule is CCC(COCC(C)S)(COCC(C)S)COCC(C)S. The number of hydrogen-bond donors (Lipinski definition) is 3. The van der Waals surface area contributed by atoms with Crippen LogP contribution in [0.25, 0.3) is 0 Å². The monoisotopic (exact) mass is 356 g/mol. The van der Waals surface area contributed by atoms with Gasteiger partial charge in [0.05, 0.1) is 39.6 Å². The van der Waals surface area contributed by atoms with Gasteiger partial charge in [-0.2, -0.15) is 37.9 Å². The Balaban J connectivity index is 4.43. The molecule has 3 nitrogen and oxygen atoms in total. The molecule has 0 bridgehead atoms. The van der Waals surface area contributed by atoms with E-state index in [0.29, 0.717) is 39.6 Å². The molecule has 128 valence electrons. The molecule has 0 aliphatic carbocycles. The molecule has 0 heterocycles. The van der Waals surface area contributed by atoms with E-state index in [1.165, 1.54) is 0 Å². The molecule has 0 aromatic carbocycles. The lowest BCUT2D eigenvalue weighted by Crippen LogP contribution is -2.38. The maximum atomic E-state index is 5.79. The Bertz CT molecular complexity index is 212. The van der Waals surface area contributed by atoms with Crippen molar-refractivity contribution in [2.45, 2.75) is 49.9 Å².